The van der Waals surface area contributed by atoms with E-state index in [1.165, 1.54) is 25.5 Å². The lowest BCUT2D eigenvalue weighted by Crippen LogP contribution is -2.14. The van der Waals surface area contributed by atoms with Gasteiger partial charge in [-0.2, -0.15) is 5.26 Å². The topological polar surface area (TPSA) is 87.4 Å². The average Bonchev–Trinajstić information content (AvgIpc) is 1.80. The zero-order valence-electron chi connectivity index (χ0n) is 7.01. The summed E-state index contributed by atoms with van der Waals surface area (Å²) in [4.78, 5) is 0. The molecular weight excluding hydrogens is 200 g/mol. The smallest absolute Gasteiger partial charge is 0.249 e. The van der Waals surface area contributed by atoms with E-state index in [0.717, 1.165) is 0 Å². The fourth-order valence-electron chi connectivity index (χ4n) is 0.381. The van der Waals surface area contributed by atoms with E-state index in [1.54, 1.807) is 0 Å². The minimum absolute atomic E-state index is 1.20. The van der Waals surface area contributed by atoms with Gasteiger partial charge in [-0.1, -0.05) is 0 Å². The van der Waals surface area contributed by atoms with Crippen LogP contribution in [0.15, 0.2) is 3.77 Å². The van der Waals surface area contributed by atoms with Crippen molar-refractivity contribution in [3.8, 4) is 6.07 Å². The molecule has 0 aliphatic rings. The molecule has 0 aliphatic heterocycles. The maximum atomic E-state index is 11.0. The van der Waals surface area contributed by atoms with E-state index in [-0.39, 0.29) is 0 Å². The van der Waals surface area contributed by atoms with E-state index < -0.39 is 25.0 Å². The lowest BCUT2D eigenvalue weighted by atomic mass is 10.5. The first kappa shape index (κ1) is 11.4. The van der Waals surface area contributed by atoms with Crippen molar-refractivity contribution in [2.75, 3.05) is 12.5 Å². The molecular formula is C5H10N2O3S2. The molecule has 0 aromatic heterocycles. The summed E-state index contributed by atoms with van der Waals surface area (Å²) in [6.45, 7) is 1.20. The quantitative estimate of drug-likeness (QED) is 0.639. The number of hydrogen-bond acceptors (Lipinski definition) is 4. The summed E-state index contributed by atoms with van der Waals surface area (Å²) < 4.78 is 36.1. The number of nitriles is 1. The predicted molar refractivity (Wildman–Crippen MR) is 46.4 cm³/mol. The third kappa shape index (κ3) is 3.69. The van der Waals surface area contributed by atoms with Crippen molar-refractivity contribution in [2.45, 2.75) is 12.2 Å². The van der Waals surface area contributed by atoms with Gasteiger partial charge in [0.25, 0.3) is 10.0 Å². The second-order valence-corrected chi connectivity index (χ2v) is 7.24. The summed E-state index contributed by atoms with van der Waals surface area (Å²) in [5, 5.41) is 7.05. The van der Waals surface area contributed by atoms with Crippen molar-refractivity contribution < 1.29 is 12.6 Å². The molecule has 5 nitrogen and oxygen atoms in total. The SMILES string of the molecule is CC(C#N)S(=O)(=O)N=S(C)(C)=O. The summed E-state index contributed by atoms with van der Waals surface area (Å²) in [5.74, 6) is 0. The average molecular weight is 210 g/mol. The van der Waals surface area contributed by atoms with Gasteiger partial charge >= 0.3 is 0 Å². The monoisotopic (exact) mass is 210 g/mol. The molecule has 0 bridgehead atoms. The Bertz CT molecular complexity index is 400. The summed E-state index contributed by atoms with van der Waals surface area (Å²) in [6, 6.07) is 1.52. The van der Waals surface area contributed by atoms with Gasteiger partial charge in [-0.15, -0.1) is 3.77 Å². The normalized spacial score (nSPS) is 14.8. The van der Waals surface area contributed by atoms with Crippen LogP contribution in [0.2, 0.25) is 0 Å². The van der Waals surface area contributed by atoms with Gasteiger partial charge in [0, 0.05) is 12.5 Å². The third-order valence-electron chi connectivity index (χ3n) is 0.912. The van der Waals surface area contributed by atoms with Crippen LogP contribution in [0.25, 0.3) is 0 Å². The lowest BCUT2D eigenvalue weighted by molar-refractivity contribution is 0.594. The van der Waals surface area contributed by atoms with E-state index in [2.05, 4.69) is 3.77 Å². The summed E-state index contributed by atoms with van der Waals surface area (Å²) in [5.41, 5.74) is 0. The van der Waals surface area contributed by atoms with E-state index in [0.29, 0.717) is 0 Å². The molecule has 0 heterocycles. The van der Waals surface area contributed by atoms with E-state index in [9.17, 15) is 12.6 Å². The minimum atomic E-state index is -3.88. The first-order valence-electron chi connectivity index (χ1n) is 3.01. The van der Waals surface area contributed by atoms with Gasteiger partial charge in [-0.05, 0) is 6.92 Å². The molecule has 0 rings (SSSR count). The molecule has 1 unspecified atom stereocenters. The van der Waals surface area contributed by atoms with Crippen molar-refractivity contribution in [2.24, 2.45) is 3.77 Å². The van der Waals surface area contributed by atoms with Crippen molar-refractivity contribution in [1.29, 1.82) is 5.26 Å². The van der Waals surface area contributed by atoms with E-state index >= 15 is 0 Å². The summed E-state index contributed by atoms with van der Waals surface area (Å²) in [7, 11) is -6.58. The Labute approximate surface area is 72.6 Å². The lowest BCUT2D eigenvalue weighted by Gasteiger charge is -1.99. The van der Waals surface area contributed by atoms with Gasteiger partial charge in [0.2, 0.25) is 0 Å². The molecule has 0 aromatic carbocycles. The Morgan fingerprint density at radius 3 is 2.00 bits per heavy atom. The van der Waals surface area contributed by atoms with Crippen LogP contribution in [0, 0.1) is 11.3 Å². The Morgan fingerprint density at radius 1 is 1.33 bits per heavy atom. The third-order valence-corrected chi connectivity index (χ3v) is 4.18. The molecule has 1 atom stereocenters. The Morgan fingerprint density at radius 2 is 1.75 bits per heavy atom. The fourth-order valence-corrected chi connectivity index (χ4v) is 3.03. The van der Waals surface area contributed by atoms with Gasteiger partial charge in [-0.3, -0.25) is 0 Å². The van der Waals surface area contributed by atoms with Crippen LogP contribution in [0.3, 0.4) is 0 Å². The molecule has 0 N–H and O–H groups in total. The van der Waals surface area contributed by atoms with Crippen molar-refractivity contribution in [3.05, 3.63) is 0 Å². The molecule has 70 valence electrons. The van der Waals surface area contributed by atoms with Gasteiger partial charge in [0.05, 0.1) is 15.8 Å². The second-order valence-electron chi connectivity index (χ2n) is 2.54. The van der Waals surface area contributed by atoms with Crippen LogP contribution in [0.4, 0.5) is 0 Å². The van der Waals surface area contributed by atoms with Crippen LogP contribution in [0.1, 0.15) is 6.92 Å². The maximum absolute atomic E-state index is 11.0. The molecule has 0 radical (unpaired) electrons. The first-order valence-corrected chi connectivity index (χ1v) is 6.84. The standard InChI is InChI=1S/C5H10N2O3S2/c1-5(4-6)12(9,10)7-11(2,3)8/h5H,1-3H3. The minimum Gasteiger partial charge on any atom is -0.249 e. The second kappa shape index (κ2) is 3.41. The molecule has 0 fully saturated rings. The summed E-state index contributed by atoms with van der Waals surface area (Å²) in [6.07, 6.45) is 2.41. The van der Waals surface area contributed by atoms with Crippen molar-refractivity contribution >= 4 is 19.8 Å². The number of sulfonamides is 1. The highest BCUT2D eigenvalue weighted by atomic mass is 32.3. The molecule has 0 amide bonds. The van der Waals surface area contributed by atoms with E-state index in [4.69, 9.17) is 5.26 Å². The van der Waals surface area contributed by atoms with Crippen LogP contribution >= 0.6 is 0 Å². The zero-order valence-corrected chi connectivity index (χ0v) is 8.65. The highest BCUT2D eigenvalue weighted by molar-refractivity contribution is 8.02. The largest absolute Gasteiger partial charge is 0.276 e. The molecule has 0 aliphatic carbocycles. The van der Waals surface area contributed by atoms with Crippen LogP contribution in [0.5, 0.6) is 0 Å². The molecule has 12 heavy (non-hydrogen) atoms. The van der Waals surface area contributed by atoms with Crippen LogP contribution in [-0.2, 0) is 19.8 Å². The highest BCUT2D eigenvalue weighted by Gasteiger charge is 2.19. The molecule has 0 aromatic rings. The predicted octanol–water partition coefficient (Wildman–Crippen LogP) is -0.0441. The molecule has 0 saturated heterocycles. The van der Waals surface area contributed by atoms with Gasteiger partial charge in [0.15, 0.2) is 5.25 Å². The van der Waals surface area contributed by atoms with Gasteiger partial charge in [0.1, 0.15) is 0 Å². The maximum Gasteiger partial charge on any atom is 0.276 e. The number of rotatable bonds is 2. The Kier molecular flexibility index (Phi) is 3.24. The number of nitrogens with zero attached hydrogens (tertiary/aromatic N) is 2. The molecule has 0 saturated carbocycles. The van der Waals surface area contributed by atoms with Crippen LogP contribution < -0.4 is 0 Å². The number of hydrogen-bond donors (Lipinski definition) is 0. The molecule has 0 spiro atoms. The van der Waals surface area contributed by atoms with Crippen LogP contribution in [-0.4, -0.2) is 30.4 Å². The van der Waals surface area contributed by atoms with Gasteiger partial charge in [-0.25, -0.2) is 12.6 Å². The Hall–Kier alpha value is -0.610. The summed E-state index contributed by atoms with van der Waals surface area (Å²) >= 11 is 0. The van der Waals surface area contributed by atoms with Gasteiger partial charge < -0.3 is 0 Å². The van der Waals surface area contributed by atoms with Crippen molar-refractivity contribution in [1.82, 2.24) is 0 Å². The van der Waals surface area contributed by atoms with Crippen molar-refractivity contribution in [3.63, 3.8) is 0 Å². The Balaban J connectivity index is 5.25. The first-order chi connectivity index (χ1) is 5.19. The highest BCUT2D eigenvalue weighted by Crippen LogP contribution is 2.04. The fraction of sp³-hybridized carbons (Fsp3) is 0.800. The van der Waals surface area contributed by atoms with E-state index in [1.807, 2.05) is 0 Å². The zero-order chi connectivity index (χ0) is 9.99. The molecule has 7 heteroatoms.